The number of benzene rings is 3. The van der Waals surface area contributed by atoms with Gasteiger partial charge in [-0.2, -0.15) is 9.50 Å². The van der Waals surface area contributed by atoms with Gasteiger partial charge in [-0.1, -0.05) is 59.4 Å². The molecule has 9 heteroatoms. The third-order valence-corrected chi connectivity index (χ3v) is 7.44. The average molecular weight is 511 g/mol. The largest absolute Gasteiger partial charge is 0.493 e. The maximum atomic E-state index is 13.7. The Bertz CT molecular complexity index is 1790. The minimum atomic E-state index is -0.366. The lowest BCUT2D eigenvalue weighted by Crippen LogP contribution is -2.32. The van der Waals surface area contributed by atoms with Gasteiger partial charge in [0.2, 0.25) is 4.96 Å². The van der Waals surface area contributed by atoms with Crippen LogP contribution in [0.25, 0.3) is 21.9 Å². The molecule has 0 aliphatic carbocycles. The van der Waals surface area contributed by atoms with Crippen molar-refractivity contribution in [1.82, 2.24) is 14.6 Å². The predicted molar refractivity (Wildman–Crippen MR) is 142 cm³/mol. The SMILES string of the molecule is COc1ccc(-c2nc3s/c(=C4\C(=O)N(Cc5ccc(C)cc5)c5ccccc54)c(=O)n3n2)cc1OC. The normalized spacial score (nSPS) is 14.4. The number of thiazole rings is 1. The molecule has 184 valence electrons. The van der Waals surface area contributed by atoms with Crippen LogP contribution in [0.2, 0.25) is 0 Å². The first-order chi connectivity index (χ1) is 18.0. The summed E-state index contributed by atoms with van der Waals surface area (Å²) >= 11 is 1.17. The summed E-state index contributed by atoms with van der Waals surface area (Å²) in [6.45, 7) is 2.44. The van der Waals surface area contributed by atoms with Gasteiger partial charge in [-0.3, -0.25) is 9.59 Å². The molecule has 0 spiro atoms. The smallest absolute Gasteiger partial charge is 0.291 e. The molecule has 1 aliphatic rings. The first-order valence-electron chi connectivity index (χ1n) is 11.6. The van der Waals surface area contributed by atoms with Gasteiger partial charge in [0.1, 0.15) is 4.53 Å². The number of rotatable bonds is 5. The number of amides is 1. The van der Waals surface area contributed by atoms with Gasteiger partial charge in [0.15, 0.2) is 17.3 Å². The summed E-state index contributed by atoms with van der Waals surface area (Å²) in [6, 6.07) is 21.0. The van der Waals surface area contributed by atoms with Crippen molar-refractivity contribution < 1.29 is 14.3 Å². The lowest BCUT2D eigenvalue weighted by atomic mass is 10.1. The van der Waals surface area contributed by atoms with E-state index in [0.29, 0.717) is 44.5 Å². The molecule has 0 bridgehead atoms. The Morgan fingerprint density at radius 2 is 1.68 bits per heavy atom. The van der Waals surface area contributed by atoms with Crippen LogP contribution in [-0.4, -0.2) is 34.7 Å². The van der Waals surface area contributed by atoms with Crippen LogP contribution in [-0.2, 0) is 11.3 Å². The van der Waals surface area contributed by atoms with Crippen LogP contribution >= 0.6 is 11.3 Å². The van der Waals surface area contributed by atoms with Crippen LogP contribution in [0.1, 0.15) is 16.7 Å². The zero-order valence-electron chi connectivity index (χ0n) is 20.4. The summed E-state index contributed by atoms with van der Waals surface area (Å²) in [6.07, 6.45) is 0. The van der Waals surface area contributed by atoms with Crippen molar-refractivity contribution in [3.63, 3.8) is 0 Å². The number of hydrogen-bond acceptors (Lipinski definition) is 7. The Morgan fingerprint density at radius 3 is 2.41 bits per heavy atom. The third-order valence-electron chi connectivity index (χ3n) is 6.41. The number of nitrogens with zero attached hydrogens (tertiary/aromatic N) is 4. The maximum Gasteiger partial charge on any atom is 0.291 e. The number of hydrogen-bond donors (Lipinski definition) is 0. The van der Waals surface area contributed by atoms with Crippen molar-refractivity contribution in [2.45, 2.75) is 13.5 Å². The van der Waals surface area contributed by atoms with E-state index < -0.39 is 0 Å². The van der Waals surface area contributed by atoms with Gasteiger partial charge in [0.05, 0.1) is 32.0 Å². The third kappa shape index (κ3) is 3.75. The van der Waals surface area contributed by atoms with Crippen molar-refractivity contribution in [2.24, 2.45) is 0 Å². The fourth-order valence-electron chi connectivity index (χ4n) is 4.52. The van der Waals surface area contributed by atoms with E-state index in [0.717, 1.165) is 22.4 Å². The molecule has 6 rings (SSSR count). The van der Waals surface area contributed by atoms with Crippen LogP contribution < -0.4 is 24.5 Å². The van der Waals surface area contributed by atoms with Gasteiger partial charge in [-0.25, -0.2) is 0 Å². The molecular formula is C28H22N4O4S. The number of ether oxygens (including phenoxy) is 2. The second-order valence-corrected chi connectivity index (χ2v) is 9.68. The molecule has 0 atom stereocenters. The zero-order chi connectivity index (χ0) is 25.7. The second kappa shape index (κ2) is 8.86. The number of carbonyl (C=O) groups excluding carboxylic acids is 1. The number of para-hydroxylation sites is 1. The number of aromatic nitrogens is 3. The van der Waals surface area contributed by atoms with Gasteiger partial charge in [0, 0.05) is 11.1 Å². The average Bonchev–Trinajstić information content (AvgIpc) is 3.55. The Kier molecular flexibility index (Phi) is 5.49. The highest BCUT2D eigenvalue weighted by molar-refractivity contribution is 7.15. The van der Waals surface area contributed by atoms with Crippen LogP contribution in [0.15, 0.2) is 71.5 Å². The molecule has 5 aromatic rings. The monoisotopic (exact) mass is 510 g/mol. The Hall–Kier alpha value is -4.50. The molecule has 8 nitrogen and oxygen atoms in total. The Balaban J connectivity index is 1.45. The Morgan fingerprint density at radius 1 is 0.919 bits per heavy atom. The molecule has 3 aromatic carbocycles. The quantitative estimate of drug-likeness (QED) is 0.359. The van der Waals surface area contributed by atoms with Gasteiger partial charge in [-0.15, -0.1) is 5.10 Å². The molecule has 0 saturated carbocycles. The highest BCUT2D eigenvalue weighted by Gasteiger charge is 2.34. The zero-order valence-corrected chi connectivity index (χ0v) is 21.2. The van der Waals surface area contributed by atoms with Crippen molar-refractivity contribution >= 4 is 33.5 Å². The van der Waals surface area contributed by atoms with Gasteiger partial charge in [0.25, 0.3) is 11.5 Å². The topological polar surface area (TPSA) is 86.0 Å². The van der Waals surface area contributed by atoms with Crippen LogP contribution in [0.4, 0.5) is 5.69 Å². The fourth-order valence-corrected chi connectivity index (χ4v) is 5.51. The number of aryl methyl sites for hydroxylation is 1. The van der Waals surface area contributed by atoms with E-state index in [1.807, 2.05) is 55.5 Å². The number of methoxy groups -OCH3 is 2. The highest BCUT2D eigenvalue weighted by Crippen LogP contribution is 2.36. The molecule has 0 fully saturated rings. The first kappa shape index (κ1) is 22.9. The van der Waals surface area contributed by atoms with Gasteiger partial charge in [-0.05, 0) is 36.8 Å². The molecule has 2 aromatic heterocycles. The molecular weight excluding hydrogens is 488 g/mol. The van der Waals surface area contributed by atoms with Crippen LogP contribution in [0.5, 0.6) is 11.5 Å². The molecule has 0 N–H and O–H groups in total. The number of fused-ring (bicyclic) bond motifs is 2. The predicted octanol–water partition coefficient (Wildman–Crippen LogP) is 3.61. The van der Waals surface area contributed by atoms with E-state index in [4.69, 9.17) is 9.47 Å². The van der Waals surface area contributed by atoms with E-state index in [2.05, 4.69) is 10.1 Å². The van der Waals surface area contributed by atoms with Crippen molar-refractivity contribution in [1.29, 1.82) is 0 Å². The molecule has 0 unspecified atom stereocenters. The number of carbonyl (C=O) groups is 1. The molecule has 3 heterocycles. The summed E-state index contributed by atoms with van der Waals surface area (Å²) in [4.78, 5) is 33.9. The summed E-state index contributed by atoms with van der Waals surface area (Å²) in [5.41, 5.74) is 4.40. The van der Waals surface area contributed by atoms with Gasteiger partial charge >= 0.3 is 0 Å². The van der Waals surface area contributed by atoms with E-state index in [1.165, 1.54) is 15.9 Å². The molecule has 1 amide bonds. The summed E-state index contributed by atoms with van der Waals surface area (Å²) in [7, 11) is 3.12. The lowest BCUT2D eigenvalue weighted by Gasteiger charge is -2.17. The van der Waals surface area contributed by atoms with Crippen molar-refractivity contribution in [2.75, 3.05) is 19.1 Å². The minimum Gasteiger partial charge on any atom is -0.493 e. The Labute approximate surface area is 216 Å². The molecule has 0 radical (unpaired) electrons. The fraction of sp³-hybridized carbons (Fsp3) is 0.143. The van der Waals surface area contributed by atoms with Crippen molar-refractivity contribution in [3.05, 3.63) is 98.3 Å². The summed E-state index contributed by atoms with van der Waals surface area (Å²) in [5.74, 6) is 1.31. The number of anilines is 1. The maximum absolute atomic E-state index is 13.7. The molecule has 37 heavy (non-hydrogen) atoms. The standard InChI is InChI=1S/C28H22N4O4S/c1-16-8-10-17(11-9-16)15-31-20-7-5-4-6-19(20)23(26(31)33)24-27(34)32-28(37-24)29-25(30-32)18-12-13-21(35-2)22(14-18)36-3/h4-14H,15H2,1-3H3/b24-23-. The van der Waals surface area contributed by atoms with Crippen molar-refractivity contribution in [3.8, 4) is 22.9 Å². The van der Waals surface area contributed by atoms with E-state index >= 15 is 0 Å². The second-order valence-electron chi connectivity index (χ2n) is 8.70. The van der Waals surface area contributed by atoms with E-state index in [-0.39, 0.29) is 11.5 Å². The molecule has 1 aliphatic heterocycles. The van der Waals surface area contributed by atoms with Gasteiger partial charge < -0.3 is 14.4 Å². The molecule has 0 saturated heterocycles. The lowest BCUT2D eigenvalue weighted by molar-refractivity contribution is -0.113. The van der Waals surface area contributed by atoms with E-state index in [1.54, 1.807) is 37.3 Å². The summed E-state index contributed by atoms with van der Waals surface area (Å²) < 4.78 is 12.3. The van der Waals surface area contributed by atoms with E-state index in [9.17, 15) is 9.59 Å². The summed E-state index contributed by atoms with van der Waals surface area (Å²) in [5, 5.41) is 4.45. The van der Waals surface area contributed by atoms with Crippen LogP contribution in [0.3, 0.4) is 0 Å². The highest BCUT2D eigenvalue weighted by atomic mass is 32.1. The van der Waals surface area contributed by atoms with Crippen LogP contribution in [0, 0.1) is 6.92 Å². The minimum absolute atomic E-state index is 0.205. The first-order valence-corrected chi connectivity index (χ1v) is 12.4.